The van der Waals surface area contributed by atoms with Gasteiger partial charge in [-0.15, -0.1) is 24.0 Å². The predicted octanol–water partition coefficient (Wildman–Crippen LogP) is 3.02. The molecule has 0 aliphatic rings. The molecule has 24 heavy (non-hydrogen) atoms. The van der Waals surface area contributed by atoms with Crippen LogP contribution in [0.2, 0.25) is 0 Å². The normalized spacial score (nSPS) is 11.0. The molecule has 0 radical (unpaired) electrons. The van der Waals surface area contributed by atoms with Gasteiger partial charge < -0.3 is 10.6 Å². The number of halogens is 1. The largest absolute Gasteiger partial charge is 0.352 e. The third-order valence-corrected chi connectivity index (χ3v) is 4.07. The standard InChI is InChI=1S/C16H18N6S.HI/c1-17-16(19-9-13-5-6-23-10-13)18-8-12-3-2-4-14(7-12)15-20-11-21-22-15;/h2-7,10-11H,8-9H2,1H3,(H2,17,18,19)(H,20,21,22);1H. The van der Waals surface area contributed by atoms with E-state index < -0.39 is 0 Å². The number of nitrogens with one attached hydrogen (secondary N) is 3. The van der Waals surface area contributed by atoms with E-state index in [0.717, 1.165) is 29.5 Å². The summed E-state index contributed by atoms with van der Waals surface area (Å²) in [4.78, 5) is 8.42. The molecule has 0 aliphatic heterocycles. The van der Waals surface area contributed by atoms with Crippen LogP contribution in [0.25, 0.3) is 11.4 Å². The number of aromatic amines is 1. The Bertz CT molecular complexity index is 755. The first-order chi connectivity index (χ1) is 11.3. The van der Waals surface area contributed by atoms with Gasteiger partial charge in [0.25, 0.3) is 0 Å². The van der Waals surface area contributed by atoms with Crippen LogP contribution in [-0.4, -0.2) is 28.2 Å². The van der Waals surface area contributed by atoms with E-state index in [2.05, 4.69) is 59.8 Å². The Morgan fingerprint density at radius 1 is 1.21 bits per heavy atom. The summed E-state index contributed by atoms with van der Waals surface area (Å²) in [7, 11) is 1.77. The second kappa shape index (κ2) is 9.38. The number of nitrogens with zero attached hydrogens (tertiary/aromatic N) is 3. The second-order valence-electron chi connectivity index (χ2n) is 4.95. The third-order valence-electron chi connectivity index (χ3n) is 3.34. The van der Waals surface area contributed by atoms with Crippen LogP contribution in [-0.2, 0) is 13.1 Å². The van der Waals surface area contributed by atoms with Gasteiger partial charge in [0.1, 0.15) is 6.33 Å². The van der Waals surface area contributed by atoms with E-state index in [4.69, 9.17) is 0 Å². The van der Waals surface area contributed by atoms with E-state index in [1.807, 2.05) is 12.1 Å². The molecule has 2 aromatic heterocycles. The lowest BCUT2D eigenvalue weighted by Crippen LogP contribution is -2.36. The van der Waals surface area contributed by atoms with Crippen molar-refractivity contribution in [3.63, 3.8) is 0 Å². The highest BCUT2D eigenvalue weighted by Gasteiger charge is 2.03. The molecule has 0 aliphatic carbocycles. The maximum Gasteiger partial charge on any atom is 0.191 e. The molecule has 0 saturated carbocycles. The number of hydrogen-bond acceptors (Lipinski definition) is 4. The zero-order valence-electron chi connectivity index (χ0n) is 13.2. The summed E-state index contributed by atoms with van der Waals surface area (Å²) < 4.78 is 0. The van der Waals surface area contributed by atoms with Crippen LogP contribution < -0.4 is 10.6 Å². The van der Waals surface area contributed by atoms with Crippen molar-refractivity contribution in [2.24, 2.45) is 4.99 Å². The van der Waals surface area contributed by atoms with Crippen molar-refractivity contribution in [3.05, 3.63) is 58.5 Å². The Kier molecular flexibility index (Phi) is 7.19. The first kappa shape index (κ1) is 18.4. The van der Waals surface area contributed by atoms with Crippen LogP contribution >= 0.6 is 35.3 Å². The average molecular weight is 454 g/mol. The van der Waals surface area contributed by atoms with Gasteiger partial charge in [0.05, 0.1) is 0 Å². The van der Waals surface area contributed by atoms with E-state index in [9.17, 15) is 0 Å². The number of aromatic nitrogens is 3. The van der Waals surface area contributed by atoms with Gasteiger partial charge in [-0.3, -0.25) is 10.1 Å². The molecular formula is C16H19IN6S. The molecule has 0 fully saturated rings. The van der Waals surface area contributed by atoms with E-state index in [1.165, 1.54) is 11.9 Å². The second-order valence-corrected chi connectivity index (χ2v) is 5.73. The van der Waals surface area contributed by atoms with Crippen molar-refractivity contribution in [3.8, 4) is 11.4 Å². The third kappa shape index (κ3) is 5.03. The molecule has 3 N–H and O–H groups in total. The molecule has 0 unspecified atom stereocenters. The highest BCUT2D eigenvalue weighted by molar-refractivity contribution is 14.0. The summed E-state index contributed by atoms with van der Waals surface area (Å²) in [5.74, 6) is 1.55. The SMILES string of the molecule is CN=C(NCc1ccsc1)NCc1cccc(-c2ncn[nH]2)c1.I. The number of H-pyrrole nitrogens is 1. The van der Waals surface area contributed by atoms with Gasteiger partial charge in [0.2, 0.25) is 0 Å². The molecule has 0 bridgehead atoms. The summed E-state index contributed by atoms with van der Waals surface area (Å²) in [5, 5.41) is 17.6. The number of hydrogen-bond donors (Lipinski definition) is 3. The van der Waals surface area contributed by atoms with Crippen molar-refractivity contribution in [2.75, 3.05) is 7.05 Å². The van der Waals surface area contributed by atoms with E-state index in [0.29, 0.717) is 6.54 Å². The molecule has 126 valence electrons. The van der Waals surface area contributed by atoms with Gasteiger partial charge >= 0.3 is 0 Å². The lowest BCUT2D eigenvalue weighted by molar-refractivity contribution is 0.811. The summed E-state index contributed by atoms with van der Waals surface area (Å²) in [6, 6.07) is 10.3. The number of thiophene rings is 1. The minimum atomic E-state index is 0. The molecule has 3 aromatic rings. The smallest absolute Gasteiger partial charge is 0.191 e. The molecule has 0 amide bonds. The van der Waals surface area contributed by atoms with E-state index in [-0.39, 0.29) is 24.0 Å². The first-order valence-corrected chi connectivity index (χ1v) is 8.19. The van der Waals surface area contributed by atoms with E-state index >= 15 is 0 Å². The maximum absolute atomic E-state index is 4.24. The van der Waals surface area contributed by atoms with Gasteiger partial charge in [-0.1, -0.05) is 18.2 Å². The molecule has 0 atom stereocenters. The molecule has 1 aromatic carbocycles. The lowest BCUT2D eigenvalue weighted by atomic mass is 10.1. The first-order valence-electron chi connectivity index (χ1n) is 7.25. The minimum Gasteiger partial charge on any atom is -0.352 e. The fourth-order valence-electron chi connectivity index (χ4n) is 2.16. The van der Waals surface area contributed by atoms with Crippen molar-refractivity contribution < 1.29 is 0 Å². The van der Waals surface area contributed by atoms with Gasteiger partial charge in [0.15, 0.2) is 11.8 Å². The molecule has 3 rings (SSSR count). The summed E-state index contributed by atoms with van der Waals surface area (Å²) in [5.41, 5.74) is 3.42. The molecule has 2 heterocycles. The zero-order chi connectivity index (χ0) is 15.9. The highest BCUT2D eigenvalue weighted by Crippen LogP contribution is 2.15. The Morgan fingerprint density at radius 3 is 2.71 bits per heavy atom. The molecule has 0 spiro atoms. The zero-order valence-corrected chi connectivity index (χ0v) is 16.3. The number of guanidine groups is 1. The molecular weight excluding hydrogens is 435 g/mol. The van der Waals surface area contributed by atoms with Crippen molar-refractivity contribution in [2.45, 2.75) is 13.1 Å². The fraction of sp³-hybridized carbons (Fsp3) is 0.188. The maximum atomic E-state index is 4.24. The van der Waals surface area contributed by atoms with Crippen LogP contribution in [0.15, 0.2) is 52.4 Å². The van der Waals surface area contributed by atoms with Gasteiger partial charge in [0, 0.05) is 25.7 Å². The van der Waals surface area contributed by atoms with Gasteiger partial charge in [-0.05, 0) is 34.0 Å². The van der Waals surface area contributed by atoms with Crippen LogP contribution in [0.1, 0.15) is 11.1 Å². The quantitative estimate of drug-likeness (QED) is 0.315. The fourth-order valence-corrected chi connectivity index (χ4v) is 2.83. The summed E-state index contributed by atoms with van der Waals surface area (Å²) in [6.45, 7) is 1.45. The average Bonchev–Trinajstić information content (AvgIpc) is 3.29. The number of rotatable bonds is 5. The van der Waals surface area contributed by atoms with Crippen molar-refractivity contribution in [1.82, 2.24) is 25.8 Å². The van der Waals surface area contributed by atoms with Crippen molar-refractivity contribution in [1.29, 1.82) is 0 Å². The summed E-state index contributed by atoms with van der Waals surface area (Å²) >= 11 is 1.70. The Balaban J connectivity index is 0.00000208. The van der Waals surface area contributed by atoms with Crippen LogP contribution in [0, 0.1) is 0 Å². The Labute approximate surface area is 161 Å². The van der Waals surface area contributed by atoms with Crippen LogP contribution in [0.5, 0.6) is 0 Å². The molecule has 6 nitrogen and oxygen atoms in total. The highest BCUT2D eigenvalue weighted by atomic mass is 127. The lowest BCUT2D eigenvalue weighted by Gasteiger charge is -2.11. The van der Waals surface area contributed by atoms with Crippen LogP contribution in [0.4, 0.5) is 0 Å². The Hall–Kier alpha value is -1.94. The van der Waals surface area contributed by atoms with E-state index in [1.54, 1.807) is 18.4 Å². The topological polar surface area (TPSA) is 78.0 Å². The monoisotopic (exact) mass is 454 g/mol. The van der Waals surface area contributed by atoms with Gasteiger partial charge in [-0.2, -0.15) is 16.4 Å². The van der Waals surface area contributed by atoms with Crippen LogP contribution in [0.3, 0.4) is 0 Å². The minimum absolute atomic E-state index is 0. The number of aliphatic imine (C=N–C) groups is 1. The Morgan fingerprint density at radius 2 is 2.04 bits per heavy atom. The number of benzene rings is 1. The summed E-state index contributed by atoms with van der Waals surface area (Å²) in [6.07, 6.45) is 1.51. The predicted molar refractivity (Wildman–Crippen MR) is 109 cm³/mol. The van der Waals surface area contributed by atoms with Crippen molar-refractivity contribution >= 4 is 41.3 Å². The molecule has 0 saturated heterocycles. The molecule has 8 heteroatoms. The van der Waals surface area contributed by atoms with Gasteiger partial charge in [-0.25, -0.2) is 4.98 Å².